The highest BCUT2D eigenvalue weighted by Crippen LogP contribution is 2.18. The normalized spacial score (nSPS) is 12.6. The molecule has 17 heavy (non-hydrogen) atoms. The average Bonchev–Trinajstić information content (AvgIpc) is 2.34. The number of hydrogen-bond donors (Lipinski definition) is 2. The Balaban J connectivity index is 2.51. The van der Waals surface area contributed by atoms with Gasteiger partial charge in [0.25, 0.3) is 0 Å². The highest BCUT2D eigenvalue weighted by atomic mass is 16.5. The number of ether oxygens (including phenoxy) is 1. The summed E-state index contributed by atoms with van der Waals surface area (Å²) in [6.45, 7) is 2.54. The summed E-state index contributed by atoms with van der Waals surface area (Å²) in [4.78, 5) is 10.3. The molecule has 0 spiro atoms. The van der Waals surface area contributed by atoms with Crippen molar-refractivity contribution in [2.75, 3.05) is 13.7 Å². The van der Waals surface area contributed by atoms with E-state index in [1.165, 1.54) is 0 Å². The predicted octanol–water partition coefficient (Wildman–Crippen LogP) is 1.99. The van der Waals surface area contributed by atoms with E-state index in [0.717, 1.165) is 17.4 Å². The number of methoxy groups -OCH3 is 1. The first-order valence-corrected chi connectivity index (χ1v) is 5.40. The van der Waals surface area contributed by atoms with E-state index in [9.17, 15) is 4.79 Å². The second-order valence-electron chi connectivity index (χ2n) is 3.65. The lowest BCUT2D eigenvalue weighted by Crippen LogP contribution is -2.18. The van der Waals surface area contributed by atoms with E-state index in [2.05, 4.69) is 5.32 Å². The van der Waals surface area contributed by atoms with Gasteiger partial charge in [-0.3, -0.25) is 0 Å². The summed E-state index contributed by atoms with van der Waals surface area (Å²) < 4.78 is 5.14. The molecule has 0 amide bonds. The molecular formula is C13H17NO3. The molecule has 0 fully saturated rings. The van der Waals surface area contributed by atoms with Crippen LogP contribution in [0.4, 0.5) is 0 Å². The number of carbonyl (C=O) groups is 1. The van der Waals surface area contributed by atoms with Crippen molar-refractivity contribution in [1.82, 2.24) is 5.32 Å². The summed E-state index contributed by atoms with van der Waals surface area (Å²) in [5.41, 5.74) is 1.10. The molecule has 0 radical (unpaired) electrons. The number of carboxylic acid groups (broad SMARTS) is 1. The van der Waals surface area contributed by atoms with Crippen LogP contribution in [0.3, 0.4) is 0 Å². The quantitative estimate of drug-likeness (QED) is 0.740. The third-order valence-electron chi connectivity index (χ3n) is 2.40. The molecule has 1 rings (SSSR count). The topological polar surface area (TPSA) is 58.6 Å². The van der Waals surface area contributed by atoms with Crippen LogP contribution in [0.1, 0.15) is 18.5 Å². The van der Waals surface area contributed by atoms with Crippen LogP contribution in [0.5, 0.6) is 5.75 Å². The van der Waals surface area contributed by atoms with Gasteiger partial charge in [-0.05, 0) is 24.6 Å². The maximum absolute atomic E-state index is 10.3. The fourth-order valence-electron chi connectivity index (χ4n) is 1.43. The van der Waals surface area contributed by atoms with Crippen molar-refractivity contribution >= 4 is 5.97 Å². The maximum Gasteiger partial charge on any atom is 0.328 e. The maximum atomic E-state index is 10.3. The number of aliphatic carboxylic acids is 1. The minimum absolute atomic E-state index is 0.142. The molecule has 1 atom stereocenters. The second-order valence-corrected chi connectivity index (χ2v) is 3.65. The zero-order valence-electron chi connectivity index (χ0n) is 10.0. The minimum Gasteiger partial charge on any atom is -0.497 e. The van der Waals surface area contributed by atoms with Gasteiger partial charge in [0.2, 0.25) is 0 Å². The first-order chi connectivity index (χ1) is 8.13. The van der Waals surface area contributed by atoms with E-state index >= 15 is 0 Å². The third-order valence-corrected chi connectivity index (χ3v) is 2.40. The van der Waals surface area contributed by atoms with Crippen molar-refractivity contribution in [3.63, 3.8) is 0 Å². The van der Waals surface area contributed by atoms with Gasteiger partial charge < -0.3 is 15.2 Å². The van der Waals surface area contributed by atoms with Gasteiger partial charge in [0, 0.05) is 18.7 Å². The molecule has 92 valence electrons. The Morgan fingerprint density at radius 2 is 2.35 bits per heavy atom. The SMILES string of the molecule is COc1cccc([C@@H](C)NC/C=C/C(=O)O)c1. The first-order valence-electron chi connectivity index (χ1n) is 5.40. The molecule has 4 heteroatoms. The van der Waals surface area contributed by atoms with Gasteiger partial charge in [-0.1, -0.05) is 18.2 Å². The van der Waals surface area contributed by atoms with Crippen molar-refractivity contribution in [1.29, 1.82) is 0 Å². The molecule has 0 aromatic heterocycles. The molecule has 4 nitrogen and oxygen atoms in total. The van der Waals surface area contributed by atoms with Crippen LogP contribution in [0.2, 0.25) is 0 Å². The Hall–Kier alpha value is -1.81. The van der Waals surface area contributed by atoms with Crippen LogP contribution < -0.4 is 10.1 Å². The van der Waals surface area contributed by atoms with Crippen molar-refractivity contribution in [3.8, 4) is 5.75 Å². The molecule has 0 aliphatic heterocycles. The van der Waals surface area contributed by atoms with Gasteiger partial charge >= 0.3 is 5.97 Å². The van der Waals surface area contributed by atoms with E-state index < -0.39 is 5.97 Å². The molecular weight excluding hydrogens is 218 g/mol. The van der Waals surface area contributed by atoms with Gasteiger partial charge in [-0.25, -0.2) is 4.79 Å². The summed E-state index contributed by atoms with van der Waals surface area (Å²) in [5.74, 6) is -0.113. The summed E-state index contributed by atoms with van der Waals surface area (Å²) in [5, 5.41) is 11.6. The van der Waals surface area contributed by atoms with Crippen molar-refractivity contribution in [2.24, 2.45) is 0 Å². The van der Waals surface area contributed by atoms with E-state index in [1.807, 2.05) is 31.2 Å². The van der Waals surface area contributed by atoms with Gasteiger partial charge in [-0.15, -0.1) is 0 Å². The number of rotatable bonds is 6. The van der Waals surface area contributed by atoms with E-state index in [4.69, 9.17) is 9.84 Å². The van der Waals surface area contributed by atoms with E-state index in [1.54, 1.807) is 13.2 Å². The highest BCUT2D eigenvalue weighted by molar-refractivity contribution is 5.79. The number of benzene rings is 1. The fraction of sp³-hybridized carbons (Fsp3) is 0.308. The second kappa shape index (κ2) is 6.70. The van der Waals surface area contributed by atoms with Gasteiger partial charge in [0.15, 0.2) is 0 Å². The molecule has 0 heterocycles. The van der Waals surface area contributed by atoms with Crippen molar-refractivity contribution in [2.45, 2.75) is 13.0 Å². The summed E-state index contributed by atoms with van der Waals surface area (Å²) in [6.07, 6.45) is 2.71. The zero-order valence-corrected chi connectivity index (χ0v) is 10.0. The first kappa shape index (κ1) is 13.3. The van der Waals surface area contributed by atoms with Crippen LogP contribution in [0, 0.1) is 0 Å². The third kappa shape index (κ3) is 4.70. The number of nitrogens with one attached hydrogen (secondary N) is 1. The van der Waals surface area contributed by atoms with E-state index in [-0.39, 0.29) is 6.04 Å². The largest absolute Gasteiger partial charge is 0.497 e. The zero-order chi connectivity index (χ0) is 12.7. The Kier molecular flexibility index (Phi) is 5.23. The van der Waals surface area contributed by atoms with Crippen LogP contribution >= 0.6 is 0 Å². The van der Waals surface area contributed by atoms with Crippen molar-refractivity contribution in [3.05, 3.63) is 42.0 Å². The molecule has 2 N–H and O–H groups in total. The standard InChI is InChI=1S/C13H17NO3/c1-10(14-8-4-7-13(15)16)11-5-3-6-12(9-11)17-2/h3-7,9-10,14H,8H2,1-2H3,(H,15,16)/b7-4+/t10-/m1/s1. The molecule has 0 unspecified atom stereocenters. The molecule has 0 aliphatic carbocycles. The van der Waals surface area contributed by atoms with Gasteiger partial charge in [-0.2, -0.15) is 0 Å². The Morgan fingerprint density at radius 1 is 1.59 bits per heavy atom. The summed E-state index contributed by atoms with van der Waals surface area (Å²) in [6, 6.07) is 7.92. The fourth-order valence-corrected chi connectivity index (χ4v) is 1.43. The Bertz CT molecular complexity index is 401. The lowest BCUT2D eigenvalue weighted by Gasteiger charge is -2.13. The summed E-state index contributed by atoms with van der Waals surface area (Å²) >= 11 is 0. The van der Waals surface area contributed by atoms with Crippen LogP contribution in [0.15, 0.2) is 36.4 Å². The lowest BCUT2D eigenvalue weighted by atomic mass is 10.1. The molecule has 1 aromatic carbocycles. The summed E-state index contributed by atoms with van der Waals surface area (Å²) in [7, 11) is 1.63. The molecule has 1 aromatic rings. The minimum atomic E-state index is -0.930. The number of hydrogen-bond acceptors (Lipinski definition) is 3. The van der Waals surface area contributed by atoms with Crippen LogP contribution in [-0.4, -0.2) is 24.7 Å². The predicted molar refractivity (Wildman–Crippen MR) is 66.2 cm³/mol. The van der Waals surface area contributed by atoms with E-state index in [0.29, 0.717) is 6.54 Å². The van der Waals surface area contributed by atoms with Crippen molar-refractivity contribution < 1.29 is 14.6 Å². The molecule has 0 bridgehead atoms. The lowest BCUT2D eigenvalue weighted by molar-refractivity contribution is -0.131. The smallest absolute Gasteiger partial charge is 0.328 e. The molecule has 0 aliphatic rings. The monoisotopic (exact) mass is 235 g/mol. The van der Waals surface area contributed by atoms with Crippen LogP contribution in [0.25, 0.3) is 0 Å². The average molecular weight is 235 g/mol. The number of carboxylic acids is 1. The van der Waals surface area contributed by atoms with Gasteiger partial charge in [0.05, 0.1) is 7.11 Å². The highest BCUT2D eigenvalue weighted by Gasteiger charge is 2.04. The molecule has 0 saturated carbocycles. The Labute approximate surface area is 101 Å². The van der Waals surface area contributed by atoms with Crippen LogP contribution in [-0.2, 0) is 4.79 Å². The Morgan fingerprint density at radius 3 is 3.00 bits per heavy atom. The van der Waals surface area contributed by atoms with Gasteiger partial charge in [0.1, 0.15) is 5.75 Å². The molecule has 0 saturated heterocycles.